The van der Waals surface area contributed by atoms with E-state index in [-0.39, 0.29) is 16.2 Å². The van der Waals surface area contributed by atoms with Crippen LogP contribution in [0.25, 0.3) is 6.08 Å². The second-order valence-corrected chi connectivity index (χ2v) is 10.0. The van der Waals surface area contributed by atoms with Gasteiger partial charge in [-0.25, -0.2) is 0 Å². The number of hydrogen-bond acceptors (Lipinski definition) is 5. The van der Waals surface area contributed by atoms with Crippen molar-refractivity contribution in [3.8, 4) is 5.75 Å². The van der Waals surface area contributed by atoms with Gasteiger partial charge in [-0.2, -0.15) is 0 Å². The molecule has 6 nitrogen and oxygen atoms in total. The van der Waals surface area contributed by atoms with Crippen LogP contribution in [0, 0.1) is 6.92 Å². The molecule has 0 aliphatic carbocycles. The van der Waals surface area contributed by atoms with Gasteiger partial charge in [0, 0.05) is 18.3 Å². The quantitative estimate of drug-likeness (QED) is 0.384. The molecular weight excluding hydrogens is 446 g/mol. The van der Waals surface area contributed by atoms with Gasteiger partial charge >= 0.3 is 0 Å². The van der Waals surface area contributed by atoms with E-state index in [2.05, 4.69) is 50.2 Å². The number of amides is 2. The van der Waals surface area contributed by atoms with Gasteiger partial charge in [-0.3, -0.25) is 19.8 Å². The highest BCUT2D eigenvalue weighted by molar-refractivity contribution is 7.80. The predicted molar refractivity (Wildman–Crippen MR) is 141 cm³/mol. The van der Waals surface area contributed by atoms with Crippen LogP contribution in [-0.2, 0) is 9.59 Å². The van der Waals surface area contributed by atoms with Crippen LogP contribution in [0.5, 0.6) is 5.75 Å². The van der Waals surface area contributed by atoms with Crippen molar-refractivity contribution in [3.05, 3.63) is 58.7 Å². The van der Waals surface area contributed by atoms with E-state index in [0.717, 1.165) is 17.5 Å². The Balaban J connectivity index is 1.72. The average molecular weight is 478 g/mol. The molecular formula is C27H31N3O3S. The standard InChI is InChI=1S/C27H31N3O3S/c1-7-33-20-10-8-19(9-11-20)30-25(32)22(24(31)28-26(30)34)14-18-13-21-17(3)15-27(4,5)29(6)23(21)12-16(18)2/h8-14,17H,7,15H2,1-6H3,(H,28,31,34)/b22-14+. The van der Waals surface area contributed by atoms with Gasteiger partial charge in [0.15, 0.2) is 5.11 Å². The summed E-state index contributed by atoms with van der Waals surface area (Å²) < 4.78 is 5.49. The molecule has 1 atom stereocenters. The van der Waals surface area contributed by atoms with Crippen LogP contribution in [0.15, 0.2) is 42.0 Å². The number of nitrogens with zero attached hydrogens (tertiary/aromatic N) is 2. The molecule has 34 heavy (non-hydrogen) atoms. The number of ether oxygens (including phenoxy) is 1. The number of aryl methyl sites for hydroxylation is 1. The van der Waals surface area contributed by atoms with Crippen LogP contribution in [-0.4, -0.2) is 36.1 Å². The minimum Gasteiger partial charge on any atom is -0.494 e. The van der Waals surface area contributed by atoms with Gasteiger partial charge in [-0.05, 0) is 111 Å². The number of rotatable bonds is 4. The zero-order valence-electron chi connectivity index (χ0n) is 20.6. The Morgan fingerprint density at radius 2 is 1.88 bits per heavy atom. The number of fused-ring (bicyclic) bond motifs is 1. The van der Waals surface area contributed by atoms with Gasteiger partial charge in [0.2, 0.25) is 0 Å². The Labute approximate surface area is 206 Å². The van der Waals surface area contributed by atoms with Gasteiger partial charge in [0.25, 0.3) is 11.8 Å². The minimum atomic E-state index is -0.486. The second-order valence-electron chi connectivity index (χ2n) is 9.63. The molecule has 2 aromatic carbocycles. The molecule has 0 radical (unpaired) electrons. The molecule has 1 N–H and O–H groups in total. The lowest BCUT2D eigenvalue weighted by molar-refractivity contribution is -0.122. The normalized spacial score (nSPS) is 20.9. The van der Waals surface area contributed by atoms with Crippen LogP contribution >= 0.6 is 12.2 Å². The van der Waals surface area contributed by atoms with Crippen molar-refractivity contribution in [3.63, 3.8) is 0 Å². The van der Waals surface area contributed by atoms with Crippen molar-refractivity contribution in [1.82, 2.24) is 5.32 Å². The molecule has 0 aromatic heterocycles. The summed E-state index contributed by atoms with van der Waals surface area (Å²) in [6, 6.07) is 11.3. The highest BCUT2D eigenvalue weighted by Crippen LogP contribution is 2.43. The van der Waals surface area contributed by atoms with Crippen molar-refractivity contribution < 1.29 is 14.3 Å². The molecule has 2 aliphatic heterocycles. The Morgan fingerprint density at radius 3 is 2.53 bits per heavy atom. The van der Waals surface area contributed by atoms with Gasteiger partial charge in [0.1, 0.15) is 11.3 Å². The van der Waals surface area contributed by atoms with E-state index in [1.165, 1.54) is 16.2 Å². The molecule has 2 heterocycles. The number of thiocarbonyl (C=S) groups is 1. The molecule has 0 spiro atoms. The van der Waals surface area contributed by atoms with E-state index in [1.54, 1.807) is 30.3 Å². The maximum atomic E-state index is 13.4. The molecule has 2 amide bonds. The summed E-state index contributed by atoms with van der Waals surface area (Å²) in [5.74, 6) is 0.137. The molecule has 1 fully saturated rings. The van der Waals surface area contributed by atoms with E-state index >= 15 is 0 Å². The lowest BCUT2D eigenvalue weighted by atomic mass is 9.79. The van der Waals surface area contributed by atoms with Crippen LogP contribution in [0.1, 0.15) is 56.7 Å². The zero-order chi connectivity index (χ0) is 24.8. The van der Waals surface area contributed by atoms with Crippen LogP contribution in [0.3, 0.4) is 0 Å². The van der Waals surface area contributed by atoms with Crippen molar-refractivity contribution in [1.29, 1.82) is 0 Å². The van der Waals surface area contributed by atoms with E-state index in [0.29, 0.717) is 24.0 Å². The van der Waals surface area contributed by atoms with Gasteiger partial charge in [0.05, 0.1) is 12.3 Å². The summed E-state index contributed by atoms with van der Waals surface area (Å²) in [4.78, 5) is 29.9. The number of benzene rings is 2. The third kappa shape index (κ3) is 4.20. The minimum absolute atomic E-state index is 0.0580. The summed E-state index contributed by atoms with van der Waals surface area (Å²) in [7, 11) is 2.12. The fourth-order valence-electron chi connectivity index (χ4n) is 4.80. The first-order chi connectivity index (χ1) is 16.0. The van der Waals surface area contributed by atoms with Crippen molar-refractivity contribution in [2.45, 2.75) is 52.5 Å². The fourth-order valence-corrected chi connectivity index (χ4v) is 5.08. The molecule has 7 heteroatoms. The summed E-state index contributed by atoms with van der Waals surface area (Å²) in [5, 5.41) is 2.73. The van der Waals surface area contributed by atoms with E-state index in [1.807, 2.05) is 13.8 Å². The van der Waals surface area contributed by atoms with E-state index in [4.69, 9.17) is 17.0 Å². The van der Waals surface area contributed by atoms with Crippen LogP contribution in [0.2, 0.25) is 0 Å². The third-order valence-electron chi connectivity index (χ3n) is 6.83. The van der Waals surface area contributed by atoms with Crippen LogP contribution in [0.4, 0.5) is 11.4 Å². The monoisotopic (exact) mass is 477 g/mol. The summed E-state index contributed by atoms with van der Waals surface area (Å²) in [6.07, 6.45) is 2.71. The SMILES string of the molecule is CCOc1ccc(N2C(=O)/C(=C/c3cc4c(cc3C)N(C)C(C)(C)CC4C)C(=O)NC2=S)cc1. The number of hydrogen-bond donors (Lipinski definition) is 1. The molecule has 1 unspecified atom stereocenters. The number of carbonyl (C=O) groups excluding carboxylic acids is 2. The molecule has 4 rings (SSSR count). The van der Waals surface area contributed by atoms with Gasteiger partial charge < -0.3 is 9.64 Å². The summed E-state index contributed by atoms with van der Waals surface area (Å²) in [5.41, 5.74) is 4.97. The van der Waals surface area contributed by atoms with Crippen molar-refractivity contribution >= 4 is 46.6 Å². The van der Waals surface area contributed by atoms with Gasteiger partial charge in [-0.15, -0.1) is 0 Å². The van der Waals surface area contributed by atoms with E-state index < -0.39 is 11.8 Å². The molecule has 2 aliphatic rings. The zero-order valence-corrected chi connectivity index (χ0v) is 21.4. The highest BCUT2D eigenvalue weighted by atomic mass is 32.1. The fraction of sp³-hybridized carbons (Fsp3) is 0.370. The second kappa shape index (κ2) is 8.87. The predicted octanol–water partition coefficient (Wildman–Crippen LogP) is 4.95. The first kappa shape index (κ1) is 24.0. The number of nitrogens with one attached hydrogen (secondary N) is 1. The molecule has 0 saturated carbocycles. The third-order valence-corrected chi connectivity index (χ3v) is 7.11. The molecule has 178 valence electrons. The Morgan fingerprint density at radius 1 is 1.21 bits per heavy atom. The lowest BCUT2D eigenvalue weighted by Gasteiger charge is -2.45. The van der Waals surface area contributed by atoms with Crippen molar-refractivity contribution in [2.75, 3.05) is 23.5 Å². The molecule has 2 aromatic rings. The number of anilines is 2. The van der Waals surface area contributed by atoms with Crippen molar-refractivity contribution in [2.24, 2.45) is 0 Å². The Kier molecular flexibility index (Phi) is 6.25. The number of carbonyl (C=O) groups is 2. The first-order valence-electron chi connectivity index (χ1n) is 11.6. The molecule has 0 bridgehead atoms. The topological polar surface area (TPSA) is 61.9 Å². The Hall–Kier alpha value is -3.19. The highest BCUT2D eigenvalue weighted by Gasteiger charge is 2.36. The largest absolute Gasteiger partial charge is 0.494 e. The van der Waals surface area contributed by atoms with Crippen LogP contribution < -0.4 is 19.9 Å². The maximum absolute atomic E-state index is 13.4. The summed E-state index contributed by atoms with van der Waals surface area (Å²) in [6.45, 7) is 11.2. The maximum Gasteiger partial charge on any atom is 0.270 e. The molecule has 1 saturated heterocycles. The lowest BCUT2D eigenvalue weighted by Crippen LogP contribution is -2.54. The Bertz CT molecular complexity index is 1200. The van der Waals surface area contributed by atoms with E-state index in [9.17, 15) is 9.59 Å². The van der Waals surface area contributed by atoms with Gasteiger partial charge in [-0.1, -0.05) is 6.92 Å². The smallest absolute Gasteiger partial charge is 0.270 e. The summed E-state index contributed by atoms with van der Waals surface area (Å²) >= 11 is 5.33. The average Bonchev–Trinajstić information content (AvgIpc) is 2.76. The first-order valence-corrected chi connectivity index (χ1v) is 12.0.